The summed E-state index contributed by atoms with van der Waals surface area (Å²) in [5.74, 6) is -0.250. The van der Waals surface area contributed by atoms with Crippen LogP contribution >= 0.6 is 11.6 Å². The molecular formula is C27H27ClFNO3. The molecule has 172 valence electrons. The maximum Gasteiger partial charge on any atom is 0.149 e. The van der Waals surface area contributed by atoms with Crippen LogP contribution in [0.4, 0.5) is 4.39 Å². The smallest absolute Gasteiger partial charge is 0.149 e. The second-order valence-corrected chi connectivity index (χ2v) is 9.19. The molecule has 1 unspecified atom stereocenters. The summed E-state index contributed by atoms with van der Waals surface area (Å²) in [5, 5.41) is 0.641. The number of halogens is 2. The molecule has 2 aliphatic rings. The minimum atomic E-state index is -0.747. The van der Waals surface area contributed by atoms with E-state index in [2.05, 4.69) is 17.0 Å². The van der Waals surface area contributed by atoms with Crippen molar-refractivity contribution in [3.8, 4) is 0 Å². The van der Waals surface area contributed by atoms with Gasteiger partial charge in [0.25, 0.3) is 0 Å². The summed E-state index contributed by atoms with van der Waals surface area (Å²) in [5.41, 5.74) is 1.60. The maximum absolute atomic E-state index is 13.6. The molecule has 0 amide bonds. The highest BCUT2D eigenvalue weighted by Crippen LogP contribution is 2.49. The van der Waals surface area contributed by atoms with Crippen molar-refractivity contribution in [2.24, 2.45) is 0 Å². The summed E-state index contributed by atoms with van der Waals surface area (Å²) >= 11 is 6.60. The Labute approximate surface area is 198 Å². The van der Waals surface area contributed by atoms with Crippen molar-refractivity contribution in [2.45, 2.75) is 30.3 Å². The van der Waals surface area contributed by atoms with E-state index >= 15 is 0 Å². The second-order valence-electron chi connectivity index (χ2n) is 8.79. The van der Waals surface area contributed by atoms with Gasteiger partial charge in [-0.05, 0) is 29.3 Å². The third kappa shape index (κ3) is 4.20. The largest absolute Gasteiger partial charge is 0.374 e. The van der Waals surface area contributed by atoms with E-state index in [9.17, 15) is 4.39 Å². The van der Waals surface area contributed by atoms with E-state index in [1.54, 1.807) is 7.11 Å². The van der Waals surface area contributed by atoms with Gasteiger partial charge in [0.2, 0.25) is 0 Å². The lowest BCUT2D eigenvalue weighted by Gasteiger charge is -2.49. The van der Waals surface area contributed by atoms with Gasteiger partial charge in [-0.25, -0.2) is 4.39 Å². The molecule has 0 saturated carbocycles. The standard InChI is InChI=1S/C27H27ClFNO3/c1-31-26(23-9-5-6-10-24(23)28)17-27(19-32-18-26)30(15-20-7-3-2-4-8-20)25(16-33-27)21-11-13-22(29)14-12-21/h2-14,25H,15-19H2,1H3/t25-,26+,27?/m1/s1. The number of hydrogen-bond donors (Lipinski definition) is 0. The molecular weight excluding hydrogens is 441 g/mol. The average molecular weight is 468 g/mol. The quantitative estimate of drug-likeness (QED) is 0.481. The Morgan fingerprint density at radius 1 is 1.00 bits per heavy atom. The first-order valence-electron chi connectivity index (χ1n) is 11.1. The minimum absolute atomic E-state index is 0.0479. The van der Waals surface area contributed by atoms with E-state index in [1.807, 2.05) is 54.6 Å². The molecule has 0 N–H and O–H groups in total. The highest BCUT2D eigenvalue weighted by molar-refractivity contribution is 6.31. The van der Waals surface area contributed by atoms with E-state index in [4.69, 9.17) is 25.8 Å². The molecule has 0 aliphatic carbocycles. The number of nitrogens with zero attached hydrogens (tertiary/aromatic N) is 1. The molecule has 5 rings (SSSR count). The molecule has 33 heavy (non-hydrogen) atoms. The predicted octanol–water partition coefficient (Wildman–Crippen LogP) is 5.71. The van der Waals surface area contributed by atoms with Crippen LogP contribution in [0.2, 0.25) is 5.02 Å². The van der Waals surface area contributed by atoms with Crippen LogP contribution in [0.3, 0.4) is 0 Å². The highest BCUT2D eigenvalue weighted by Gasteiger charge is 2.56. The van der Waals surface area contributed by atoms with Crippen LogP contribution in [-0.4, -0.2) is 37.6 Å². The van der Waals surface area contributed by atoms with E-state index in [0.29, 0.717) is 37.8 Å². The Bertz CT molecular complexity index is 1100. The SMILES string of the molecule is CO[C@]1(c2ccccc2Cl)COCC2(C1)OC[C@H](c1ccc(F)cc1)N2Cc1ccccc1. The topological polar surface area (TPSA) is 30.9 Å². The monoisotopic (exact) mass is 467 g/mol. The Morgan fingerprint density at radius 2 is 1.73 bits per heavy atom. The second kappa shape index (κ2) is 9.16. The van der Waals surface area contributed by atoms with E-state index in [0.717, 1.165) is 11.1 Å². The molecule has 6 heteroatoms. The van der Waals surface area contributed by atoms with E-state index < -0.39 is 11.3 Å². The van der Waals surface area contributed by atoms with Crippen LogP contribution in [0.5, 0.6) is 0 Å². The molecule has 0 radical (unpaired) electrons. The summed E-state index contributed by atoms with van der Waals surface area (Å²) in [6, 6.07) is 24.6. The Morgan fingerprint density at radius 3 is 2.45 bits per heavy atom. The number of benzene rings is 3. The van der Waals surface area contributed by atoms with Crippen LogP contribution in [-0.2, 0) is 26.4 Å². The van der Waals surface area contributed by atoms with Crippen LogP contribution in [0.25, 0.3) is 0 Å². The third-order valence-electron chi connectivity index (χ3n) is 6.84. The lowest BCUT2D eigenvalue weighted by atomic mass is 9.83. The zero-order valence-corrected chi connectivity index (χ0v) is 19.3. The minimum Gasteiger partial charge on any atom is -0.374 e. The number of ether oxygens (including phenoxy) is 3. The summed E-state index contributed by atoms with van der Waals surface area (Å²) in [6.07, 6.45) is 0.560. The van der Waals surface area contributed by atoms with Crippen molar-refractivity contribution in [1.82, 2.24) is 4.90 Å². The maximum atomic E-state index is 13.6. The van der Waals surface area contributed by atoms with Crippen molar-refractivity contribution in [3.05, 3.63) is 106 Å². The van der Waals surface area contributed by atoms with Gasteiger partial charge < -0.3 is 14.2 Å². The number of methoxy groups -OCH3 is 1. The average Bonchev–Trinajstić information content (AvgIpc) is 3.17. The highest BCUT2D eigenvalue weighted by atomic mass is 35.5. The summed E-state index contributed by atoms with van der Waals surface area (Å²) < 4.78 is 32.5. The Hall–Kier alpha value is -2.28. The lowest BCUT2D eigenvalue weighted by Crippen LogP contribution is -2.58. The van der Waals surface area contributed by atoms with Gasteiger partial charge in [0.1, 0.15) is 17.1 Å². The zero-order chi connectivity index (χ0) is 22.9. The van der Waals surface area contributed by atoms with Crippen molar-refractivity contribution in [2.75, 3.05) is 26.9 Å². The first kappa shape index (κ1) is 22.5. The van der Waals surface area contributed by atoms with Crippen LogP contribution in [0.1, 0.15) is 29.2 Å². The molecule has 3 aromatic rings. The van der Waals surface area contributed by atoms with Gasteiger partial charge in [-0.1, -0.05) is 72.3 Å². The van der Waals surface area contributed by atoms with E-state index in [1.165, 1.54) is 17.7 Å². The van der Waals surface area contributed by atoms with Crippen LogP contribution < -0.4 is 0 Å². The molecule has 0 aromatic heterocycles. The van der Waals surface area contributed by atoms with Crippen LogP contribution in [0, 0.1) is 5.82 Å². The van der Waals surface area contributed by atoms with Crippen LogP contribution in [0.15, 0.2) is 78.9 Å². The number of rotatable bonds is 5. The van der Waals surface area contributed by atoms with Gasteiger partial charge in [0, 0.05) is 30.7 Å². The van der Waals surface area contributed by atoms with Gasteiger partial charge in [0.05, 0.1) is 25.9 Å². The summed E-state index contributed by atoms with van der Waals surface area (Å²) in [6.45, 7) is 1.94. The summed E-state index contributed by atoms with van der Waals surface area (Å²) in [7, 11) is 1.69. The van der Waals surface area contributed by atoms with E-state index in [-0.39, 0.29) is 11.9 Å². The normalized spacial score (nSPS) is 27.8. The molecule has 4 nitrogen and oxygen atoms in total. The molecule has 0 bridgehead atoms. The Kier molecular flexibility index (Phi) is 6.25. The van der Waals surface area contributed by atoms with Gasteiger partial charge in [-0.15, -0.1) is 0 Å². The van der Waals surface area contributed by atoms with Gasteiger partial charge in [-0.2, -0.15) is 0 Å². The van der Waals surface area contributed by atoms with Crippen molar-refractivity contribution in [1.29, 1.82) is 0 Å². The zero-order valence-electron chi connectivity index (χ0n) is 18.5. The molecule has 2 heterocycles. The van der Waals surface area contributed by atoms with Crippen molar-refractivity contribution in [3.63, 3.8) is 0 Å². The first-order chi connectivity index (χ1) is 16.1. The van der Waals surface area contributed by atoms with Crippen molar-refractivity contribution >= 4 is 11.6 Å². The molecule has 3 aromatic carbocycles. The van der Waals surface area contributed by atoms with Gasteiger partial charge in [-0.3, -0.25) is 4.90 Å². The molecule has 3 atom stereocenters. The first-order valence-corrected chi connectivity index (χ1v) is 11.5. The fourth-order valence-corrected chi connectivity index (χ4v) is 5.44. The van der Waals surface area contributed by atoms with Crippen molar-refractivity contribution < 1.29 is 18.6 Å². The third-order valence-corrected chi connectivity index (χ3v) is 7.17. The van der Waals surface area contributed by atoms with Gasteiger partial charge >= 0.3 is 0 Å². The predicted molar refractivity (Wildman–Crippen MR) is 125 cm³/mol. The summed E-state index contributed by atoms with van der Waals surface area (Å²) in [4.78, 5) is 2.33. The molecule has 2 saturated heterocycles. The molecule has 1 spiro atoms. The fraction of sp³-hybridized carbons (Fsp3) is 0.333. The molecule has 2 aliphatic heterocycles. The lowest BCUT2D eigenvalue weighted by molar-refractivity contribution is -0.239. The molecule has 2 fully saturated rings. The number of hydrogen-bond acceptors (Lipinski definition) is 4. The fourth-order valence-electron chi connectivity index (χ4n) is 5.13. The van der Waals surface area contributed by atoms with Gasteiger partial charge in [0.15, 0.2) is 0 Å². The Balaban J connectivity index is 1.55.